The molecule has 0 aromatic carbocycles. The fraction of sp³-hybridized carbons (Fsp3) is 0.667. The topological polar surface area (TPSA) is 200 Å². The number of nitrogens with zero attached hydrogens (tertiary/aromatic N) is 1. The Morgan fingerprint density at radius 3 is 1.82 bits per heavy atom. The van der Waals surface area contributed by atoms with Crippen LogP contribution in [0.4, 0.5) is 0 Å². The van der Waals surface area contributed by atoms with E-state index < -0.39 is 54.5 Å². The zero-order valence-corrected chi connectivity index (χ0v) is 19.5. The number of nitrogens with two attached hydrogens (primary N) is 1. The van der Waals surface area contributed by atoms with Crippen molar-refractivity contribution < 1.29 is 29.4 Å². The third-order valence-electron chi connectivity index (χ3n) is 4.81. The summed E-state index contributed by atoms with van der Waals surface area (Å²) in [7, 11) is 0. The zero-order valence-electron chi connectivity index (χ0n) is 19.5. The van der Waals surface area contributed by atoms with Gasteiger partial charge in [-0.3, -0.25) is 14.4 Å². The van der Waals surface area contributed by atoms with Crippen LogP contribution in [0.1, 0.15) is 46.2 Å². The number of H-pyrrole nitrogens is 1. The number of carbonyl (C=O) groups is 4. The van der Waals surface area contributed by atoms with E-state index in [1.807, 2.05) is 27.7 Å². The van der Waals surface area contributed by atoms with Gasteiger partial charge in [0.25, 0.3) is 0 Å². The second-order valence-electron chi connectivity index (χ2n) is 8.85. The summed E-state index contributed by atoms with van der Waals surface area (Å²) in [6.45, 7) is 6.66. The van der Waals surface area contributed by atoms with Crippen molar-refractivity contribution in [3.8, 4) is 0 Å². The van der Waals surface area contributed by atoms with Crippen molar-refractivity contribution in [2.24, 2.45) is 17.6 Å². The minimum Gasteiger partial charge on any atom is -0.480 e. The number of aliphatic carboxylic acids is 1. The van der Waals surface area contributed by atoms with E-state index in [1.165, 1.54) is 6.33 Å². The molecular weight excluding hydrogens is 432 g/mol. The number of hydrogen-bond acceptors (Lipinski definition) is 7. The first kappa shape index (κ1) is 28.0. The highest BCUT2D eigenvalue weighted by Gasteiger charge is 2.31. The highest BCUT2D eigenvalue weighted by Crippen LogP contribution is 2.10. The highest BCUT2D eigenvalue weighted by molar-refractivity contribution is 5.94. The lowest BCUT2D eigenvalue weighted by molar-refractivity contribution is -0.143. The van der Waals surface area contributed by atoms with Gasteiger partial charge in [-0.1, -0.05) is 27.7 Å². The second-order valence-corrected chi connectivity index (χ2v) is 8.85. The van der Waals surface area contributed by atoms with Crippen molar-refractivity contribution in [3.63, 3.8) is 0 Å². The molecule has 0 aliphatic rings. The Hall–Kier alpha value is -2.99. The molecule has 0 saturated heterocycles. The summed E-state index contributed by atoms with van der Waals surface area (Å²) >= 11 is 0. The second kappa shape index (κ2) is 13.5. The maximum Gasteiger partial charge on any atom is 0.328 e. The molecule has 1 aromatic heterocycles. The van der Waals surface area contributed by atoms with Crippen LogP contribution in [0.5, 0.6) is 0 Å². The van der Waals surface area contributed by atoms with Gasteiger partial charge >= 0.3 is 5.97 Å². The summed E-state index contributed by atoms with van der Waals surface area (Å²) in [5, 5.41) is 25.7. The number of carbonyl (C=O) groups excluding carboxylic acids is 3. The maximum absolute atomic E-state index is 13.0. The van der Waals surface area contributed by atoms with Gasteiger partial charge in [-0.2, -0.15) is 0 Å². The first-order valence-corrected chi connectivity index (χ1v) is 10.9. The first-order valence-electron chi connectivity index (χ1n) is 10.9. The lowest BCUT2D eigenvalue weighted by Crippen LogP contribution is -2.58. The fourth-order valence-electron chi connectivity index (χ4n) is 3.14. The Bertz CT molecular complexity index is 782. The van der Waals surface area contributed by atoms with Crippen LogP contribution in [-0.4, -0.2) is 74.6 Å². The van der Waals surface area contributed by atoms with Gasteiger partial charge in [0.2, 0.25) is 17.7 Å². The van der Waals surface area contributed by atoms with E-state index in [0.717, 1.165) is 0 Å². The number of rotatable bonds is 14. The number of aromatic amines is 1. The van der Waals surface area contributed by atoms with Gasteiger partial charge < -0.3 is 36.9 Å². The summed E-state index contributed by atoms with van der Waals surface area (Å²) < 4.78 is 0. The lowest BCUT2D eigenvalue weighted by atomic mass is 9.99. The van der Waals surface area contributed by atoms with Gasteiger partial charge in [0.1, 0.15) is 18.1 Å². The van der Waals surface area contributed by atoms with Crippen LogP contribution >= 0.6 is 0 Å². The molecule has 0 radical (unpaired) electrons. The molecular formula is C21H36N6O6. The summed E-state index contributed by atoms with van der Waals surface area (Å²) in [6, 6.07) is -4.39. The SMILES string of the molecule is CC(C)CC(NC(=O)C(N)Cc1cnc[nH]1)C(=O)NC(CC(C)C)C(=O)NC(CO)C(=O)O. The van der Waals surface area contributed by atoms with Crippen molar-refractivity contribution in [2.45, 2.75) is 71.1 Å². The van der Waals surface area contributed by atoms with Crippen molar-refractivity contribution in [1.82, 2.24) is 25.9 Å². The van der Waals surface area contributed by atoms with Gasteiger partial charge in [-0.15, -0.1) is 0 Å². The number of aromatic nitrogens is 2. The number of carboxylic acid groups (broad SMARTS) is 1. The number of carboxylic acids is 1. The average Bonchev–Trinajstić information content (AvgIpc) is 3.22. The lowest BCUT2D eigenvalue weighted by Gasteiger charge is -2.26. The van der Waals surface area contributed by atoms with Crippen LogP contribution in [0.3, 0.4) is 0 Å². The predicted molar refractivity (Wildman–Crippen MR) is 120 cm³/mol. The van der Waals surface area contributed by atoms with Gasteiger partial charge in [-0.25, -0.2) is 9.78 Å². The molecule has 0 aliphatic carbocycles. The third-order valence-corrected chi connectivity index (χ3v) is 4.81. The molecule has 3 amide bonds. The van der Waals surface area contributed by atoms with Crippen molar-refractivity contribution in [1.29, 1.82) is 0 Å². The van der Waals surface area contributed by atoms with E-state index in [4.69, 9.17) is 10.8 Å². The molecule has 4 atom stereocenters. The predicted octanol–water partition coefficient (Wildman–Crippen LogP) is -1.10. The molecule has 8 N–H and O–H groups in total. The molecule has 33 heavy (non-hydrogen) atoms. The highest BCUT2D eigenvalue weighted by atomic mass is 16.4. The molecule has 4 unspecified atom stereocenters. The van der Waals surface area contributed by atoms with E-state index >= 15 is 0 Å². The maximum atomic E-state index is 13.0. The van der Waals surface area contributed by atoms with Crippen molar-refractivity contribution >= 4 is 23.7 Å². The summed E-state index contributed by atoms with van der Waals surface area (Å²) in [4.78, 5) is 56.1. The van der Waals surface area contributed by atoms with Crippen LogP contribution in [0, 0.1) is 11.8 Å². The van der Waals surface area contributed by atoms with E-state index in [2.05, 4.69) is 25.9 Å². The number of amides is 3. The Morgan fingerprint density at radius 1 is 0.939 bits per heavy atom. The number of aliphatic hydroxyl groups excluding tert-OH is 1. The van der Waals surface area contributed by atoms with Crippen molar-refractivity contribution in [3.05, 3.63) is 18.2 Å². The van der Waals surface area contributed by atoms with Crippen LogP contribution < -0.4 is 21.7 Å². The summed E-state index contributed by atoms with van der Waals surface area (Å²) in [6.07, 6.45) is 3.77. The van der Waals surface area contributed by atoms with Gasteiger partial charge in [0.15, 0.2) is 0 Å². The van der Waals surface area contributed by atoms with E-state index in [-0.39, 0.29) is 24.7 Å². The standard InChI is InChI=1S/C21H36N6O6/c1-11(2)5-15(25-18(29)14(22)7-13-8-23-10-24-13)19(30)26-16(6-12(3)4)20(31)27-17(9-28)21(32)33/h8,10-12,14-17,28H,5-7,9,22H2,1-4H3,(H,23,24)(H,25,29)(H,26,30)(H,27,31)(H,32,33). The monoisotopic (exact) mass is 468 g/mol. The Labute approximate surface area is 193 Å². The number of aliphatic hydroxyl groups is 1. The molecule has 1 heterocycles. The van der Waals surface area contributed by atoms with E-state index in [1.54, 1.807) is 6.20 Å². The third kappa shape index (κ3) is 10.00. The Kier molecular flexibility index (Phi) is 11.5. The number of nitrogens with one attached hydrogen (secondary N) is 4. The zero-order chi connectivity index (χ0) is 25.1. The van der Waals surface area contributed by atoms with Crippen molar-refractivity contribution in [2.75, 3.05) is 6.61 Å². The quantitative estimate of drug-likeness (QED) is 0.178. The summed E-state index contributed by atoms with van der Waals surface area (Å²) in [5.41, 5.74) is 6.64. The molecule has 0 aliphatic heterocycles. The minimum atomic E-state index is -1.49. The fourth-order valence-corrected chi connectivity index (χ4v) is 3.14. The van der Waals surface area contributed by atoms with Gasteiger partial charge in [0, 0.05) is 18.3 Å². The van der Waals surface area contributed by atoms with Crippen LogP contribution in [0.15, 0.2) is 12.5 Å². The number of hydrogen-bond donors (Lipinski definition) is 7. The molecule has 1 aromatic rings. The van der Waals surface area contributed by atoms with E-state index in [0.29, 0.717) is 12.1 Å². The molecule has 12 heteroatoms. The molecule has 186 valence electrons. The van der Waals surface area contributed by atoms with Crippen LogP contribution in [0.2, 0.25) is 0 Å². The van der Waals surface area contributed by atoms with Gasteiger partial charge in [-0.05, 0) is 24.7 Å². The smallest absolute Gasteiger partial charge is 0.328 e. The Morgan fingerprint density at radius 2 is 1.42 bits per heavy atom. The molecule has 0 spiro atoms. The van der Waals surface area contributed by atoms with Crippen LogP contribution in [0.25, 0.3) is 0 Å². The van der Waals surface area contributed by atoms with Gasteiger partial charge in [0.05, 0.1) is 19.0 Å². The molecule has 0 bridgehead atoms. The number of imidazole rings is 1. The minimum absolute atomic E-state index is 0.000535. The summed E-state index contributed by atoms with van der Waals surface area (Å²) in [5.74, 6) is -3.18. The van der Waals surface area contributed by atoms with Crippen LogP contribution in [-0.2, 0) is 25.6 Å². The first-order chi connectivity index (χ1) is 15.4. The Balaban J connectivity index is 2.91. The molecule has 0 fully saturated rings. The molecule has 1 rings (SSSR count). The van der Waals surface area contributed by atoms with E-state index in [9.17, 15) is 24.3 Å². The molecule has 0 saturated carbocycles. The average molecular weight is 469 g/mol. The normalized spacial score (nSPS) is 14.9. The molecule has 12 nitrogen and oxygen atoms in total. The largest absolute Gasteiger partial charge is 0.480 e.